The van der Waals surface area contributed by atoms with Crippen LogP contribution in [0.1, 0.15) is 30.4 Å². The van der Waals surface area contributed by atoms with E-state index in [1.165, 1.54) is 12.0 Å². The number of carbonyl (C=O) groups is 1. The highest BCUT2D eigenvalue weighted by molar-refractivity contribution is 5.79. The monoisotopic (exact) mass is 321 g/mol. The second-order valence-electron chi connectivity index (χ2n) is 7.04. The van der Waals surface area contributed by atoms with E-state index in [2.05, 4.69) is 29.6 Å². The summed E-state index contributed by atoms with van der Waals surface area (Å²) >= 11 is 0. The molecule has 0 saturated heterocycles. The third-order valence-electron chi connectivity index (χ3n) is 5.55. The quantitative estimate of drug-likeness (QED) is 0.936. The Morgan fingerprint density at radius 1 is 1.08 bits per heavy atom. The summed E-state index contributed by atoms with van der Waals surface area (Å²) in [6, 6.07) is 18.6. The Hall–Kier alpha value is -2.29. The Balaban J connectivity index is 1.40. The van der Waals surface area contributed by atoms with Crippen LogP contribution in [-0.2, 0) is 16.6 Å². The number of rotatable bonds is 4. The highest BCUT2D eigenvalue weighted by Gasteiger charge is 2.39. The number of hydrogen-bond donors (Lipinski definition) is 1. The van der Waals surface area contributed by atoms with E-state index in [-0.39, 0.29) is 17.2 Å². The molecule has 0 bridgehead atoms. The van der Waals surface area contributed by atoms with E-state index in [4.69, 9.17) is 4.74 Å². The van der Waals surface area contributed by atoms with E-state index >= 15 is 0 Å². The lowest BCUT2D eigenvalue weighted by Gasteiger charge is -2.43. The maximum Gasteiger partial charge on any atom is 0.226 e. The van der Waals surface area contributed by atoms with Gasteiger partial charge in [0.1, 0.15) is 12.4 Å². The Morgan fingerprint density at radius 2 is 1.83 bits per heavy atom. The first-order valence-corrected chi connectivity index (χ1v) is 8.81. The zero-order valence-electron chi connectivity index (χ0n) is 13.8. The third-order valence-corrected chi connectivity index (χ3v) is 5.55. The van der Waals surface area contributed by atoms with Gasteiger partial charge in [0, 0.05) is 12.0 Å². The Labute approximate surface area is 143 Å². The molecule has 1 N–H and O–H groups in total. The second-order valence-corrected chi connectivity index (χ2v) is 7.04. The Morgan fingerprint density at radius 3 is 2.58 bits per heavy atom. The van der Waals surface area contributed by atoms with Crippen LogP contribution in [-0.4, -0.2) is 19.1 Å². The second kappa shape index (κ2) is 6.31. The van der Waals surface area contributed by atoms with Crippen molar-refractivity contribution in [1.29, 1.82) is 0 Å². The standard InChI is InChI=1S/C21H23NO2/c23-20(17-13-16-7-4-5-10-19(16)24-14-17)22-15-21(11-6-12-21)18-8-2-1-3-9-18/h1-5,7-10,17H,6,11-15H2,(H,22,23). The first kappa shape index (κ1) is 15.3. The number of carbonyl (C=O) groups excluding carboxylic acids is 1. The van der Waals surface area contributed by atoms with Crippen molar-refractivity contribution in [2.45, 2.75) is 31.1 Å². The lowest BCUT2D eigenvalue weighted by Crippen LogP contribution is -2.48. The fourth-order valence-corrected chi connectivity index (χ4v) is 3.86. The summed E-state index contributed by atoms with van der Waals surface area (Å²) in [5.41, 5.74) is 2.61. The fourth-order valence-electron chi connectivity index (χ4n) is 3.86. The van der Waals surface area contributed by atoms with Crippen LogP contribution in [0, 0.1) is 5.92 Å². The predicted octanol–water partition coefficient (Wildman–Crippen LogP) is 3.48. The van der Waals surface area contributed by atoms with E-state index in [1.807, 2.05) is 30.3 Å². The molecule has 124 valence electrons. The highest BCUT2D eigenvalue weighted by atomic mass is 16.5. The molecule has 4 rings (SSSR count). The van der Waals surface area contributed by atoms with Gasteiger partial charge in [0.05, 0.1) is 5.92 Å². The van der Waals surface area contributed by atoms with Gasteiger partial charge < -0.3 is 10.1 Å². The molecular weight excluding hydrogens is 298 g/mol. The minimum atomic E-state index is -0.0900. The molecular formula is C21H23NO2. The highest BCUT2D eigenvalue weighted by Crippen LogP contribution is 2.43. The maximum absolute atomic E-state index is 12.6. The summed E-state index contributed by atoms with van der Waals surface area (Å²) < 4.78 is 5.75. The number of hydrogen-bond acceptors (Lipinski definition) is 2. The minimum absolute atomic E-state index is 0.0900. The largest absolute Gasteiger partial charge is 0.492 e. The van der Waals surface area contributed by atoms with Gasteiger partial charge in [-0.15, -0.1) is 0 Å². The SMILES string of the molecule is O=C(NCC1(c2ccccc2)CCC1)C1COc2ccccc2C1. The number of fused-ring (bicyclic) bond motifs is 1. The lowest BCUT2D eigenvalue weighted by molar-refractivity contribution is -0.126. The minimum Gasteiger partial charge on any atom is -0.492 e. The van der Waals surface area contributed by atoms with Gasteiger partial charge in [-0.25, -0.2) is 0 Å². The van der Waals surface area contributed by atoms with E-state index in [0.717, 1.165) is 37.1 Å². The molecule has 0 spiro atoms. The topological polar surface area (TPSA) is 38.3 Å². The average Bonchev–Trinajstić information content (AvgIpc) is 2.61. The third kappa shape index (κ3) is 2.79. The summed E-state index contributed by atoms with van der Waals surface area (Å²) in [6.45, 7) is 1.20. The molecule has 2 aliphatic rings. The molecule has 1 unspecified atom stereocenters. The summed E-state index contributed by atoms with van der Waals surface area (Å²) in [5.74, 6) is 0.945. The van der Waals surface area contributed by atoms with E-state index in [9.17, 15) is 4.79 Å². The summed E-state index contributed by atoms with van der Waals surface area (Å²) in [7, 11) is 0. The van der Waals surface area contributed by atoms with Crippen LogP contribution in [0.5, 0.6) is 5.75 Å². The van der Waals surface area contributed by atoms with E-state index < -0.39 is 0 Å². The number of ether oxygens (including phenoxy) is 1. The van der Waals surface area contributed by atoms with E-state index in [0.29, 0.717) is 6.61 Å². The van der Waals surface area contributed by atoms with Crippen LogP contribution in [0.2, 0.25) is 0 Å². The Kier molecular flexibility index (Phi) is 4.01. The predicted molar refractivity (Wildman–Crippen MR) is 94.1 cm³/mol. The van der Waals surface area contributed by atoms with Crippen molar-refractivity contribution in [1.82, 2.24) is 5.32 Å². The number of amides is 1. The van der Waals surface area contributed by atoms with Crippen molar-refractivity contribution in [3.05, 3.63) is 65.7 Å². The number of nitrogens with one attached hydrogen (secondary N) is 1. The van der Waals surface area contributed by atoms with Gasteiger partial charge in [0.2, 0.25) is 5.91 Å². The van der Waals surface area contributed by atoms with Gasteiger partial charge in [-0.1, -0.05) is 55.0 Å². The lowest BCUT2D eigenvalue weighted by atomic mass is 9.64. The van der Waals surface area contributed by atoms with Crippen LogP contribution in [0.4, 0.5) is 0 Å². The van der Waals surface area contributed by atoms with Gasteiger partial charge in [0.15, 0.2) is 0 Å². The van der Waals surface area contributed by atoms with Crippen molar-refractivity contribution in [2.75, 3.05) is 13.2 Å². The molecule has 0 aromatic heterocycles. The van der Waals surface area contributed by atoms with Gasteiger partial charge in [-0.2, -0.15) is 0 Å². The van der Waals surface area contributed by atoms with Gasteiger partial charge in [-0.3, -0.25) is 4.79 Å². The summed E-state index contributed by atoms with van der Waals surface area (Å²) in [5, 5.41) is 3.21. The Bertz CT molecular complexity index is 722. The smallest absolute Gasteiger partial charge is 0.226 e. The molecule has 1 heterocycles. The van der Waals surface area contributed by atoms with Crippen molar-refractivity contribution in [3.63, 3.8) is 0 Å². The van der Waals surface area contributed by atoms with Crippen molar-refractivity contribution in [3.8, 4) is 5.75 Å². The van der Waals surface area contributed by atoms with Gasteiger partial charge >= 0.3 is 0 Å². The molecule has 1 aliphatic carbocycles. The summed E-state index contributed by atoms with van der Waals surface area (Å²) in [4.78, 5) is 12.6. The molecule has 0 radical (unpaired) electrons. The molecule has 1 saturated carbocycles. The molecule has 1 fully saturated rings. The molecule has 1 aliphatic heterocycles. The van der Waals surface area contributed by atoms with Crippen LogP contribution >= 0.6 is 0 Å². The molecule has 2 aromatic carbocycles. The van der Waals surface area contributed by atoms with Crippen LogP contribution in [0.25, 0.3) is 0 Å². The van der Waals surface area contributed by atoms with Crippen LogP contribution < -0.4 is 10.1 Å². The normalized spacial score (nSPS) is 21.1. The number of benzene rings is 2. The van der Waals surface area contributed by atoms with Crippen LogP contribution in [0.3, 0.4) is 0 Å². The van der Waals surface area contributed by atoms with Crippen molar-refractivity contribution < 1.29 is 9.53 Å². The number of para-hydroxylation sites is 1. The maximum atomic E-state index is 12.6. The molecule has 24 heavy (non-hydrogen) atoms. The molecule has 2 aromatic rings. The van der Waals surface area contributed by atoms with E-state index in [1.54, 1.807) is 0 Å². The zero-order valence-corrected chi connectivity index (χ0v) is 13.8. The molecule has 1 atom stereocenters. The van der Waals surface area contributed by atoms with Gasteiger partial charge in [0.25, 0.3) is 0 Å². The first-order chi connectivity index (χ1) is 11.8. The fraction of sp³-hybridized carbons (Fsp3) is 0.381. The first-order valence-electron chi connectivity index (χ1n) is 8.81. The zero-order chi connectivity index (χ0) is 16.4. The van der Waals surface area contributed by atoms with Crippen molar-refractivity contribution in [2.24, 2.45) is 5.92 Å². The van der Waals surface area contributed by atoms with Crippen molar-refractivity contribution >= 4 is 5.91 Å². The molecule has 3 heteroatoms. The molecule has 3 nitrogen and oxygen atoms in total. The van der Waals surface area contributed by atoms with Crippen LogP contribution in [0.15, 0.2) is 54.6 Å². The van der Waals surface area contributed by atoms with Gasteiger partial charge in [-0.05, 0) is 36.5 Å². The summed E-state index contributed by atoms with van der Waals surface area (Å²) in [6.07, 6.45) is 4.31. The average molecular weight is 321 g/mol. The molecule has 1 amide bonds.